The molecule has 1 unspecified atom stereocenters. The minimum Gasteiger partial charge on any atom is -0.300 e. The summed E-state index contributed by atoms with van der Waals surface area (Å²) in [5.74, 6) is 0.140. The molecule has 86 valence electrons. The molecule has 0 amide bonds. The fourth-order valence-electron chi connectivity index (χ4n) is 2.15. The molecule has 1 aliphatic heterocycles. The van der Waals surface area contributed by atoms with Crippen LogP contribution in [-0.4, -0.2) is 23.3 Å². The minimum atomic E-state index is -0.196. The Balaban J connectivity index is 2.02. The fourth-order valence-corrected chi connectivity index (χ4v) is 2.15. The standard InChI is InChI=1S/C13H16FNO/c1-10-7-13(16)5-6-15(10)9-11-3-2-4-12(14)8-11/h2-4,8,10H,5-7,9H2,1H3. The molecule has 0 aromatic heterocycles. The fraction of sp³-hybridized carbons (Fsp3) is 0.462. The molecule has 1 saturated heterocycles. The van der Waals surface area contributed by atoms with Crippen LogP contribution in [0.1, 0.15) is 25.3 Å². The number of rotatable bonds is 2. The maximum Gasteiger partial charge on any atom is 0.135 e. The third kappa shape index (κ3) is 2.67. The Bertz CT molecular complexity index is 391. The average Bonchev–Trinajstić information content (AvgIpc) is 2.22. The number of carbonyl (C=O) groups is 1. The van der Waals surface area contributed by atoms with Crippen LogP contribution in [0.4, 0.5) is 4.39 Å². The van der Waals surface area contributed by atoms with Gasteiger partial charge in [0.15, 0.2) is 0 Å². The Morgan fingerprint density at radius 3 is 3.00 bits per heavy atom. The van der Waals surface area contributed by atoms with Gasteiger partial charge in [-0.1, -0.05) is 12.1 Å². The van der Waals surface area contributed by atoms with E-state index in [1.54, 1.807) is 12.1 Å². The summed E-state index contributed by atoms with van der Waals surface area (Å²) >= 11 is 0. The van der Waals surface area contributed by atoms with Gasteiger partial charge >= 0.3 is 0 Å². The second-order valence-corrected chi connectivity index (χ2v) is 4.44. The lowest BCUT2D eigenvalue weighted by atomic mass is 10.0. The molecule has 1 fully saturated rings. The molecule has 16 heavy (non-hydrogen) atoms. The highest BCUT2D eigenvalue weighted by Crippen LogP contribution is 2.17. The highest BCUT2D eigenvalue weighted by molar-refractivity contribution is 5.79. The molecule has 1 heterocycles. The monoisotopic (exact) mass is 221 g/mol. The molecule has 1 aromatic rings. The summed E-state index contributed by atoms with van der Waals surface area (Å²) in [5, 5.41) is 0. The zero-order valence-corrected chi connectivity index (χ0v) is 9.45. The van der Waals surface area contributed by atoms with Crippen LogP contribution in [-0.2, 0) is 11.3 Å². The number of ketones is 1. The summed E-state index contributed by atoms with van der Waals surface area (Å²) in [4.78, 5) is 13.5. The van der Waals surface area contributed by atoms with E-state index in [9.17, 15) is 9.18 Å². The molecule has 3 heteroatoms. The van der Waals surface area contributed by atoms with Crippen molar-refractivity contribution in [3.63, 3.8) is 0 Å². The second kappa shape index (κ2) is 4.74. The van der Waals surface area contributed by atoms with E-state index in [0.29, 0.717) is 18.6 Å². The van der Waals surface area contributed by atoms with Crippen molar-refractivity contribution in [2.45, 2.75) is 32.4 Å². The Labute approximate surface area is 95.1 Å². The third-order valence-electron chi connectivity index (χ3n) is 3.10. The molecule has 2 nitrogen and oxygen atoms in total. The number of carbonyl (C=O) groups excluding carboxylic acids is 1. The number of nitrogens with zero attached hydrogens (tertiary/aromatic N) is 1. The summed E-state index contributed by atoms with van der Waals surface area (Å²) in [5.41, 5.74) is 0.973. The van der Waals surface area contributed by atoms with Gasteiger partial charge in [-0.15, -0.1) is 0 Å². The van der Waals surface area contributed by atoms with Crippen molar-refractivity contribution < 1.29 is 9.18 Å². The van der Waals surface area contributed by atoms with Crippen molar-refractivity contribution in [3.05, 3.63) is 35.6 Å². The predicted molar refractivity (Wildman–Crippen MR) is 60.5 cm³/mol. The predicted octanol–water partition coefficient (Wildman–Crippen LogP) is 2.38. The summed E-state index contributed by atoms with van der Waals surface area (Å²) < 4.78 is 13.0. The first kappa shape index (κ1) is 11.3. The summed E-state index contributed by atoms with van der Waals surface area (Å²) in [6, 6.07) is 6.93. The van der Waals surface area contributed by atoms with Gasteiger partial charge in [0.2, 0.25) is 0 Å². The number of likely N-dealkylation sites (tertiary alicyclic amines) is 1. The van der Waals surface area contributed by atoms with Crippen LogP contribution in [0.15, 0.2) is 24.3 Å². The van der Waals surface area contributed by atoms with Crippen LogP contribution >= 0.6 is 0 Å². The van der Waals surface area contributed by atoms with Gasteiger partial charge in [-0.3, -0.25) is 9.69 Å². The van der Waals surface area contributed by atoms with Gasteiger partial charge in [0.1, 0.15) is 11.6 Å². The first-order valence-electron chi connectivity index (χ1n) is 5.65. The zero-order chi connectivity index (χ0) is 11.5. The largest absolute Gasteiger partial charge is 0.300 e. The van der Waals surface area contributed by atoms with Crippen LogP contribution < -0.4 is 0 Å². The minimum absolute atomic E-state index is 0.196. The van der Waals surface area contributed by atoms with Crippen molar-refractivity contribution >= 4 is 5.78 Å². The van der Waals surface area contributed by atoms with E-state index in [4.69, 9.17) is 0 Å². The summed E-state index contributed by atoms with van der Waals surface area (Å²) in [7, 11) is 0. The molecular weight excluding hydrogens is 205 g/mol. The topological polar surface area (TPSA) is 20.3 Å². The lowest BCUT2D eigenvalue weighted by Crippen LogP contribution is -2.40. The van der Waals surface area contributed by atoms with Crippen LogP contribution in [0.25, 0.3) is 0 Å². The van der Waals surface area contributed by atoms with E-state index < -0.39 is 0 Å². The van der Waals surface area contributed by atoms with Crippen LogP contribution in [0.2, 0.25) is 0 Å². The van der Waals surface area contributed by atoms with Crippen molar-refractivity contribution in [2.24, 2.45) is 0 Å². The SMILES string of the molecule is CC1CC(=O)CCN1Cc1cccc(F)c1. The van der Waals surface area contributed by atoms with E-state index in [1.807, 2.05) is 6.07 Å². The molecule has 0 spiro atoms. The van der Waals surface area contributed by atoms with Gasteiger partial charge in [0, 0.05) is 32.0 Å². The van der Waals surface area contributed by atoms with Crippen molar-refractivity contribution in [1.82, 2.24) is 4.90 Å². The molecule has 1 aromatic carbocycles. The molecule has 2 rings (SSSR count). The highest BCUT2D eigenvalue weighted by atomic mass is 19.1. The van der Waals surface area contributed by atoms with Crippen molar-refractivity contribution in [3.8, 4) is 0 Å². The van der Waals surface area contributed by atoms with Gasteiger partial charge in [-0.05, 0) is 24.6 Å². The molecule has 0 saturated carbocycles. The highest BCUT2D eigenvalue weighted by Gasteiger charge is 2.23. The number of halogens is 1. The van der Waals surface area contributed by atoms with Crippen LogP contribution in [0.5, 0.6) is 0 Å². The molecule has 0 bridgehead atoms. The normalized spacial score (nSPS) is 22.4. The van der Waals surface area contributed by atoms with Gasteiger partial charge in [0.25, 0.3) is 0 Å². The van der Waals surface area contributed by atoms with Gasteiger partial charge in [-0.25, -0.2) is 4.39 Å². The first-order chi connectivity index (χ1) is 7.65. The third-order valence-corrected chi connectivity index (χ3v) is 3.10. The Kier molecular flexibility index (Phi) is 3.34. The van der Waals surface area contributed by atoms with Gasteiger partial charge < -0.3 is 0 Å². The molecule has 0 N–H and O–H groups in total. The Morgan fingerprint density at radius 1 is 1.50 bits per heavy atom. The second-order valence-electron chi connectivity index (χ2n) is 4.44. The zero-order valence-electron chi connectivity index (χ0n) is 9.45. The van der Waals surface area contributed by atoms with Crippen molar-refractivity contribution in [1.29, 1.82) is 0 Å². The molecule has 0 aliphatic carbocycles. The number of piperidine rings is 1. The Hall–Kier alpha value is -1.22. The molecule has 1 atom stereocenters. The molecule has 0 radical (unpaired) electrons. The van der Waals surface area contributed by atoms with E-state index in [1.165, 1.54) is 6.07 Å². The van der Waals surface area contributed by atoms with E-state index in [-0.39, 0.29) is 11.9 Å². The maximum atomic E-state index is 13.0. The van der Waals surface area contributed by atoms with E-state index in [0.717, 1.165) is 18.7 Å². The lowest BCUT2D eigenvalue weighted by molar-refractivity contribution is -0.123. The molecular formula is C13H16FNO. The van der Waals surface area contributed by atoms with E-state index >= 15 is 0 Å². The Morgan fingerprint density at radius 2 is 2.31 bits per heavy atom. The summed E-state index contributed by atoms with van der Waals surface area (Å²) in [6.07, 6.45) is 1.25. The lowest BCUT2D eigenvalue weighted by Gasteiger charge is -2.32. The smallest absolute Gasteiger partial charge is 0.135 e. The van der Waals surface area contributed by atoms with Crippen LogP contribution in [0.3, 0.4) is 0 Å². The number of hydrogen-bond acceptors (Lipinski definition) is 2. The van der Waals surface area contributed by atoms with Gasteiger partial charge in [0.05, 0.1) is 0 Å². The quantitative estimate of drug-likeness (QED) is 0.764. The number of hydrogen-bond donors (Lipinski definition) is 0. The number of benzene rings is 1. The molecule has 1 aliphatic rings. The van der Waals surface area contributed by atoms with Crippen LogP contribution in [0, 0.1) is 5.82 Å². The average molecular weight is 221 g/mol. The first-order valence-corrected chi connectivity index (χ1v) is 5.65. The van der Waals surface area contributed by atoms with Crippen molar-refractivity contribution in [2.75, 3.05) is 6.54 Å². The maximum absolute atomic E-state index is 13.0. The summed E-state index contributed by atoms with van der Waals surface area (Å²) in [6.45, 7) is 3.57. The van der Waals surface area contributed by atoms with Gasteiger partial charge in [-0.2, -0.15) is 0 Å². The number of Topliss-reactive ketones (excluding diaryl/α,β-unsaturated/α-hetero) is 1. The van der Waals surface area contributed by atoms with E-state index in [2.05, 4.69) is 11.8 Å².